The van der Waals surface area contributed by atoms with Gasteiger partial charge in [-0.3, -0.25) is 0 Å². The zero-order valence-corrected chi connectivity index (χ0v) is 17.3. The Labute approximate surface area is 178 Å². The summed E-state index contributed by atoms with van der Waals surface area (Å²) in [7, 11) is 0. The van der Waals surface area contributed by atoms with Crippen molar-refractivity contribution in [3.63, 3.8) is 0 Å². The molecule has 1 aliphatic heterocycles. The monoisotopic (exact) mass is 425 g/mol. The van der Waals surface area contributed by atoms with E-state index in [1.165, 1.54) is 5.56 Å². The molecule has 2 aliphatic carbocycles. The maximum absolute atomic E-state index is 12.0. The number of allylic oxidation sites excluding steroid dienone is 4. The summed E-state index contributed by atoms with van der Waals surface area (Å²) in [6.45, 7) is 0. The molecule has 0 radical (unpaired) electrons. The summed E-state index contributed by atoms with van der Waals surface area (Å²) in [4.78, 5) is 16.8. The van der Waals surface area contributed by atoms with E-state index in [9.17, 15) is 15.0 Å². The highest BCUT2D eigenvalue weighted by Gasteiger charge is 2.31. The quantitative estimate of drug-likeness (QED) is 0.691. The summed E-state index contributed by atoms with van der Waals surface area (Å²) in [5.74, 6) is -1.20. The topological polar surface area (TPSA) is 70.4 Å². The summed E-state index contributed by atoms with van der Waals surface area (Å²) in [5, 5.41) is 24.3. The minimum absolute atomic E-state index is 0.0433. The Balaban J connectivity index is 1.63. The summed E-state index contributed by atoms with van der Waals surface area (Å²) in [5.41, 5.74) is 4.59. The van der Waals surface area contributed by atoms with Crippen LogP contribution in [0, 0.1) is 5.92 Å². The number of aromatic carboxylic acids is 1. The van der Waals surface area contributed by atoms with Crippen LogP contribution in [0.25, 0.3) is 10.9 Å². The highest BCUT2D eigenvalue weighted by molar-refractivity contribution is 8.03. The van der Waals surface area contributed by atoms with Crippen LogP contribution in [-0.4, -0.2) is 26.4 Å². The third kappa shape index (κ3) is 3.17. The molecule has 0 bridgehead atoms. The smallest absolute Gasteiger partial charge is 0.340 e. The van der Waals surface area contributed by atoms with Gasteiger partial charge in [-0.05, 0) is 53.9 Å². The van der Waals surface area contributed by atoms with Crippen LogP contribution >= 0.6 is 23.4 Å². The first-order valence-corrected chi connectivity index (χ1v) is 11.1. The molecule has 1 aromatic heterocycles. The van der Waals surface area contributed by atoms with Crippen LogP contribution in [0.4, 0.5) is 0 Å². The number of aryl methyl sites for hydroxylation is 2. The lowest BCUT2D eigenvalue weighted by Gasteiger charge is -2.21. The van der Waals surface area contributed by atoms with Gasteiger partial charge in [-0.1, -0.05) is 35.9 Å². The second-order valence-corrected chi connectivity index (χ2v) is 9.29. The second-order valence-electron chi connectivity index (χ2n) is 7.80. The van der Waals surface area contributed by atoms with Crippen molar-refractivity contribution in [2.24, 2.45) is 5.92 Å². The van der Waals surface area contributed by atoms with Crippen molar-refractivity contribution in [3.05, 3.63) is 68.8 Å². The third-order valence-electron chi connectivity index (χ3n) is 6.06. The van der Waals surface area contributed by atoms with E-state index in [-0.39, 0.29) is 17.2 Å². The van der Waals surface area contributed by atoms with E-state index >= 15 is 0 Å². The zero-order chi connectivity index (χ0) is 20.1. The lowest BCUT2D eigenvalue weighted by molar-refractivity contribution is 0.0695. The molecule has 3 aliphatic rings. The van der Waals surface area contributed by atoms with E-state index in [2.05, 4.69) is 11.5 Å². The first-order chi connectivity index (χ1) is 14.0. The van der Waals surface area contributed by atoms with Gasteiger partial charge in [-0.2, -0.15) is 0 Å². The minimum Gasteiger partial charge on any atom is -0.505 e. The van der Waals surface area contributed by atoms with E-state index in [4.69, 9.17) is 16.6 Å². The molecule has 148 valence electrons. The van der Waals surface area contributed by atoms with Gasteiger partial charge in [0.1, 0.15) is 5.56 Å². The van der Waals surface area contributed by atoms with Crippen molar-refractivity contribution in [1.82, 2.24) is 4.98 Å². The number of thioether (sulfide) groups is 1. The van der Waals surface area contributed by atoms with Crippen molar-refractivity contribution >= 4 is 40.2 Å². The molecule has 0 amide bonds. The molecule has 29 heavy (non-hydrogen) atoms. The molecule has 0 saturated carbocycles. The van der Waals surface area contributed by atoms with Gasteiger partial charge in [0.25, 0.3) is 0 Å². The minimum atomic E-state index is -1.12. The van der Waals surface area contributed by atoms with Crippen molar-refractivity contribution in [3.8, 4) is 5.75 Å². The predicted molar refractivity (Wildman–Crippen MR) is 117 cm³/mol. The van der Waals surface area contributed by atoms with E-state index in [1.54, 1.807) is 17.8 Å². The molecule has 5 rings (SSSR count). The summed E-state index contributed by atoms with van der Waals surface area (Å²) < 4.78 is 0. The normalized spacial score (nSPS) is 22.8. The van der Waals surface area contributed by atoms with Crippen LogP contribution in [0.5, 0.6) is 5.75 Å². The second kappa shape index (κ2) is 7.22. The van der Waals surface area contributed by atoms with Gasteiger partial charge in [0.15, 0.2) is 5.75 Å². The van der Waals surface area contributed by atoms with Gasteiger partial charge in [0.2, 0.25) is 0 Å². The van der Waals surface area contributed by atoms with Gasteiger partial charge in [0, 0.05) is 28.0 Å². The number of aromatic nitrogens is 1. The number of hydrogen-bond acceptors (Lipinski definition) is 4. The molecule has 2 heterocycles. The molecule has 2 unspecified atom stereocenters. The van der Waals surface area contributed by atoms with E-state index in [0.717, 1.165) is 42.3 Å². The van der Waals surface area contributed by atoms with Crippen LogP contribution in [0.3, 0.4) is 0 Å². The maximum atomic E-state index is 12.0. The molecule has 6 heteroatoms. The van der Waals surface area contributed by atoms with Crippen molar-refractivity contribution in [2.45, 2.75) is 37.4 Å². The fourth-order valence-corrected chi connectivity index (χ4v) is 5.98. The molecule has 2 aromatic rings. The number of rotatable bonds is 3. The number of halogens is 1. The Morgan fingerprint density at radius 1 is 1.28 bits per heavy atom. The van der Waals surface area contributed by atoms with Crippen LogP contribution in [0.1, 0.15) is 40.0 Å². The van der Waals surface area contributed by atoms with Gasteiger partial charge in [-0.15, -0.1) is 11.8 Å². The van der Waals surface area contributed by atoms with E-state index in [0.29, 0.717) is 27.8 Å². The molecule has 0 saturated heterocycles. The number of pyridine rings is 1. The first-order valence-electron chi connectivity index (χ1n) is 9.82. The number of hydrogen-bond donors (Lipinski definition) is 2. The number of carboxylic acid groups (broad SMARTS) is 1. The van der Waals surface area contributed by atoms with Crippen LogP contribution in [-0.2, 0) is 19.3 Å². The van der Waals surface area contributed by atoms with Gasteiger partial charge >= 0.3 is 5.97 Å². The Morgan fingerprint density at radius 2 is 2.10 bits per heavy atom. The van der Waals surface area contributed by atoms with Crippen molar-refractivity contribution in [1.29, 1.82) is 0 Å². The van der Waals surface area contributed by atoms with Crippen molar-refractivity contribution in [2.75, 3.05) is 0 Å². The van der Waals surface area contributed by atoms with Crippen LogP contribution < -0.4 is 0 Å². The maximum Gasteiger partial charge on any atom is 0.340 e. The highest BCUT2D eigenvalue weighted by atomic mass is 35.5. The average Bonchev–Trinajstić information content (AvgIpc) is 3.10. The SMILES string of the molecule is O=C(O)c1c(O)c(CC2=CSC3C=CC(Cl)=CC23)nc2c3c(ccc12)CCCC3. The van der Waals surface area contributed by atoms with Gasteiger partial charge in [-0.25, -0.2) is 9.78 Å². The van der Waals surface area contributed by atoms with E-state index < -0.39 is 5.97 Å². The van der Waals surface area contributed by atoms with E-state index in [1.807, 2.05) is 18.2 Å². The Morgan fingerprint density at radius 3 is 2.93 bits per heavy atom. The fourth-order valence-electron chi connectivity index (χ4n) is 4.61. The molecule has 4 nitrogen and oxygen atoms in total. The molecule has 0 spiro atoms. The molecule has 1 aromatic carbocycles. The number of nitrogens with zero attached hydrogens (tertiary/aromatic N) is 1. The average molecular weight is 426 g/mol. The molecular weight excluding hydrogens is 406 g/mol. The fraction of sp³-hybridized carbons (Fsp3) is 0.304. The summed E-state index contributed by atoms with van der Waals surface area (Å²) in [6.07, 6.45) is 10.5. The van der Waals surface area contributed by atoms with Crippen LogP contribution in [0.15, 0.2) is 46.4 Å². The number of aromatic hydroxyl groups is 1. The van der Waals surface area contributed by atoms with Crippen molar-refractivity contribution < 1.29 is 15.0 Å². The number of carbonyl (C=O) groups is 1. The molecular formula is C23H20ClNO3S. The first kappa shape index (κ1) is 18.8. The summed E-state index contributed by atoms with van der Waals surface area (Å²) >= 11 is 7.92. The lowest BCUT2D eigenvalue weighted by atomic mass is 9.87. The molecule has 0 fully saturated rings. The Bertz CT molecular complexity index is 1130. The lowest BCUT2D eigenvalue weighted by Crippen LogP contribution is -2.15. The standard InChI is InChI=1S/C23H20ClNO3S/c24-14-6-8-19-17(10-14)13(11-29-19)9-18-22(26)20(23(27)28)16-7-5-12-3-1-2-4-15(12)21(16)25-18/h5-8,10-11,17,19,26H,1-4,9H2,(H,27,28). The highest BCUT2D eigenvalue weighted by Crippen LogP contribution is 2.43. The van der Waals surface area contributed by atoms with Crippen LogP contribution in [0.2, 0.25) is 0 Å². The predicted octanol–water partition coefficient (Wildman–Crippen LogP) is 5.37. The molecule has 2 atom stereocenters. The Hall–Kier alpha value is -2.24. The van der Waals surface area contributed by atoms with Gasteiger partial charge in [0.05, 0.1) is 11.2 Å². The number of carboxylic acids is 1. The zero-order valence-electron chi connectivity index (χ0n) is 15.7. The Kier molecular flexibility index (Phi) is 4.67. The third-order valence-corrected chi connectivity index (χ3v) is 7.51. The largest absolute Gasteiger partial charge is 0.505 e. The van der Waals surface area contributed by atoms with Gasteiger partial charge < -0.3 is 10.2 Å². The summed E-state index contributed by atoms with van der Waals surface area (Å²) in [6, 6.07) is 3.79. The molecule has 2 N–H and O–H groups in total. The number of fused-ring (bicyclic) bond motifs is 4. The number of benzene rings is 1.